The fourth-order valence-electron chi connectivity index (χ4n) is 1.71. The number of benzene rings is 1. The number of rotatable bonds is 5. The van der Waals surface area contributed by atoms with Crippen LogP contribution in [0.3, 0.4) is 0 Å². The van der Waals surface area contributed by atoms with Gasteiger partial charge in [0.25, 0.3) is 0 Å². The molecule has 1 aromatic carbocycles. The molecule has 0 saturated carbocycles. The summed E-state index contributed by atoms with van der Waals surface area (Å²) in [7, 11) is 0. The highest BCUT2D eigenvalue weighted by Gasteiger charge is 2.07. The minimum Gasteiger partial charge on any atom is -0.481 e. The summed E-state index contributed by atoms with van der Waals surface area (Å²) in [6.45, 7) is 4.28. The zero-order chi connectivity index (χ0) is 12.1. The molecule has 1 aromatic rings. The van der Waals surface area contributed by atoms with Crippen molar-refractivity contribution >= 4 is 17.6 Å². The van der Waals surface area contributed by atoms with E-state index in [1.54, 1.807) is 0 Å². The molecule has 88 valence electrons. The van der Waals surface area contributed by atoms with E-state index in [1.165, 1.54) is 5.56 Å². The normalized spacial score (nSPS) is 10.8. The van der Waals surface area contributed by atoms with Crippen LogP contribution in [0.5, 0.6) is 0 Å². The van der Waals surface area contributed by atoms with Crippen molar-refractivity contribution in [3.8, 4) is 0 Å². The summed E-state index contributed by atoms with van der Waals surface area (Å²) in [5, 5.41) is 9.39. The molecule has 0 bridgehead atoms. The van der Waals surface area contributed by atoms with Crippen LogP contribution >= 0.6 is 11.6 Å². The van der Waals surface area contributed by atoms with Crippen LogP contribution in [0.1, 0.15) is 31.4 Å². The maximum absolute atomic E-state index is 10.5. The monoisotopic (exact) mass is 240 g/mol. The van der Waals surface area contributed by atoms with Gasteiger partial charge in [0.2, 0.25) is 0 Å². The average molecular weight is 241 g/mol. The molecular formula is C13H17ClO2. The highest BCUT2D eigenvalue weighted by molar-refractivity contribution is 6.30. The second kappa shape index (κ2) is 5.90. The number of aryl methyl sites for hydroxylation is 1. The quantitative estimate of drug-likeness (QED) is 0.855. The van der Waals surface area contributed by atoms with Gasteiger partial charge in [-0.1, -0.05) is 31.5 Å². The molecule has 0 aliphatic carbocycles. The van der Waals surface area contributed by atoms with E-state index in [-0.39, 0.29) is 6.42 Å². The molecule has 0 fully saturated rings. The number of aliphatic carboxylic acids is 1. The number of carboxylic acids is 1. The molecule has 0 aromatic heterocycles. The number of carboxylic acid groups (broad SMARTS) is 1. The van der Waals surface area contributed by atoms with E-state index in [1.807, 2.05) is 18.2 Å². The summed E-state index contributed by atoms with van der Waals surface area (Å²) >= 11 is 5.95. The van der Waals surface area contributed by atoms with E-state index in [4.69, 9.17) is 16.7 Å². The molecule has 3 heteroatoms. The number of halogens is 1. The van der Waals surface area contributed by atoms with Crippen molar-refractivity contribution in [2.45, 2.75) is 33.1 Å². The third kappa shape index (κ3) is 4.23. The molecule has 0 atom stereocenters. The fourth-order valence-corrected chi connectivity index (χ4v) is 1.90. The average Bonchev–Trinajstić information content (AvgIpc) is 2.15. The Kier molecular flexibility index (Phi) is 4.81. The van der Waals surface area contributed by atoms with Gasteiger partial charge in [0.15, 0.2) is 0 Å². The lowest BCUT2D eigenvalue weighted by Crippen LogP contribution is -2.03. The van der Waals surface area contributed by atoms with Crippen molar-refractivity contribution in [3.63, 3.8) is 0 Å². The van der Waals surface area contributed by atoms with Gasteiger partial charge in [0.1, 0.15) is 0 Å². The molecule has 0 spiro atoms. The molecule has 0 amide bonds. The summed E-state index contributed by atoms with van der Waals surface area (Å²) in [6, 6.07) is 5.70. The minimum atomic E-state index is -0.759. The van der Waals surface area contributed by atoms with Gasteiger partial charge in [-0.25, -0.2) is 0 Å². The molecule has 0 unspecified atom stereocenters. The minimum absolute atomic E-state index is 0.173. The Labute approximate surface area is 101 Å². The Morgan fingerprint density at radius 3 is 2.62 bits per heavy atom. The van der Waals surface area contributed by atoms with Crippen LogP contribution < -0.4 is 0 Å². The zero-order valence-electron chi connectivity index (χ0n) is 9.66. The smallest absolute Gasteiger partial charge is 0.303 e. The predicted molar refractivity (Wildman–Crippen MR) is 66.0 cm³/mol. The van der Waals surface area contributed by atoms with Gasteiger partial charge in [-0.15, -0.1) is 0 Å². The molecule has 0 radical (unpaired) electrons. The maximum atomic E-state index is 10.5. The second-order valence-corrected chi connectivity index (χ2v) is 4.84. The van der Waals surface area contributed by atoms with Gasteiger partial charge >= 0.3 is 5.97 Å². The maximum Gasteiger partial charge on any atom is 0.303 e. The molecule has 2 nitrogen and oxygen atoms in total. The van der Waals surface area contributed by atoms with Gasteiger partial charge in [-0.2, -0.15) is 0 Å². The van der Waals surface area contributed by atoms with Gasteiger partial charge in [0, 0.05) is 11.4 Å². The van der Waals surface area contributed by atoms with E-state index in [0.29, 0.717) is 12.3 Å². The summed E-state index contributed by atoms with van der Waals surface area (Å²) in [4.78, 5) is 10.5. The van der Waals surface area contributed by atoms with Crippen molar-refractivity contribution in [2.24, 2.45) is 5.92 Å². The summed E-state index contributed by atoms with van der Waals surface area (Å²) < 4.78 is 0. The first-order valence-electron chi connectivity index (χ1n) is 5.48. The van der Waals surface area contributed by atoms with Crippen LogP contribution in [0.25, 0.3) is 0 Å². The first-order valence-corrected chi connectivity index (χ1v) is 5.86. The Bertz CT molecular complexity index is 372. The number of hydrogen-bond acceptors (Lipinski definition) is 1. The lowest BCUT2D eigenvalue weighted by Gasteiger charge is -2.11. The van der Waals surface area contributed by atoms with Crippen LogP contribution in [0.15, 0.2) is 18.2 Å². The number of hydrogen-bond donors (Lipinski definition) is 1. The molecule has 0 saturated heterocycles. The van der Waals surface area contributed by atoms with E-state index in [2.05, 4.69) is 13.8 Å². The van der Waals surface area contributed by atoms with Crippen LogP contribution in [0.2, 0.25) is 5.02 Å². The third-order valence-corrected chi connectivity index (χ3v) is 2.64. The molecule has 1 rings (SSSR count). The van der Waals surface area contributed by atoms with E-state index in [9.17, 15) is 4.79 Å². The lowest BCUT2D eigenvalue weighted by molar-refractivity contribution is -0.136. The Morgan fingerprint density at radius 2 is 2.06 bits per heavy atom. The first kappa shape index (κ1) is 13.0. The third-order valence-electron chi connectivity index (χ3n) is 2.40. The topological polar surface area (TPSA) is 37.3 Å². The van der Waals surface area contributed by atoms with Gasteiger partial charge in [-0.3, -0.25) is 4.79 Å². The molecular weight excluding hydrogens is 224 g/mol. The Balaban J connectivity index is 2.84. The molecule has 1 N–H and O–H groups in total. The van der Waals surface area contributed by atoms with Crippen LogP contribution in [-0.2, 0) is 17.6 Å². The second-order valence-electron chi connectivity index (χ2n) is 4.40. The Morgan fingerprint density at radius 1 is 1.38 bits per heavy atom. The standard InChI is InChI=1S/C13H17ClO2/c1-9(2)7-11-8-12(14)5-3-10(11)4-6-13(15)16/h3,5,8-9H,4,6-7H2,1-2H3,(H,15,16). The lowest BCUT2D eigenvalue weighted by atomic mass is 9.95. The van der Waals surface area contributed by atoms with E-state index >= 15 is 0 Å². The van der Waals surface area contributed by atoms with Crippen LogP contribution in [0.4, 0.5) is 0 Å². The van der Waals surface area contributed by atoms with Crippen molar-refractivity contribution in [1.82, 2.24) is 0 Å². The largest absolute Gasteiger partial charge is 0.481 e. The number of carbonyl (C=O) groups is 1. The SMILES string of the molecule is CC(C)Cc1cc(Cl)ccc1CCC(=O)O. The predicted octanol–water partition coefficient (Wildman–Crippen LogP) is 3.56. The van der Waals surface area contributed by atoms with E-state index in [0.717, 1.165) is 17.0 Å². The van der Waals surface area contributed by atoms with E-state index < -0.39 is 5.97 Å². The van der Waals surface area contributed by atoms with Crippen molar-refractivity contribution in [3.05, 3.63) is 34.3 Å². The fraction of sp³-hybridized carbons (Fsp3) is 0.462. The van der Waals surface area contributed by atoms with Gasteiger partial charge < -0.3 is 5.11 Å². The van der Waals surface area contributed by atoms with Crippen molar-refractivity contribution in [2.75, 3.05) is 0 Å². The summed E-state index contributed by atoms with van der Waals surface area (Å²) in [6.07, 6.45) is 1.69. The molecule has 0 aliphatic heterocycles. The van der Waals surface area contributed by atoms with Crippen molar-refractivity contribution < 1.29 is 9.90 Å². The highest BCUT2D eigenvalue weighted by atomic mass is 35.5. The van der Waals surface area contributed by atoms with Crippen LogP contribution in [0, 0.1) is 5.92 Å². The first-order chi connectivity index (χ1) is 7.49. The summed E-state index contributed by atoms with van der Waals surface area (Å²) in [5.41, 5.74) is 2.27. The van der Waals surface area contributed by atoms with Crippen molar-refractivity contribution in [1.29, 1.82) is 0 Å². The highest BCUT2D eigenvalue weighted by Crippen LogP contribution is 2.20. The van der Waals surface area contributed by atoms with Gasteiger partial charge in [0.05, 0.1) is 0 Å². The molecule has 0 heterocycles. The van der Waals surface area contributed by atoms with Crippen LogP contribution in [-0.4, -0.2) is 11.1 Å². The molecule has 0 aliphatic rings. The zero-order valence-corrected chi connectivity index (χ0v) is 10.4. The summed E-state index contributed by atoms with van der Waals surface area (Å²) in [5.74, 6) is -0.215. The molecule has 16 heavy (non-hydrogen) atoms. The van der Waals surface area contributed by atoms with Gasteiger partial charge in [-0.05, 0) is 42.0 Å². The Hall–Kier alpha value is -1.02.